The van der Waals surface area contributed by atoms with E-state index in [0.717, 1.165) is 11.0 Å². The lowest BCUT2D eigenvalue weighted by Crippen LogP contribution is -2.40. The maximum atomic E-state index is 14.0. The number of hydrogen-bond donors (Lipinski definition) is 0. The van der Waals surface area contributed by atoms with E-state index in [0.29, 0.717) is 29.5 Å². The van der Waals surface area contributed by atoms with Gasteiger partial charge in [0.05, 0.1) is 17.3 Å². The average Bonchev–Trinajstić information content (AvgIpc) is 2.77. The fraction of sp³-hybridized carbons (Fsp3) is 0.208. The van der Waals surface area contributed by atoms with Gasteiger partial charge in [-0.15, -0.1) is 0 Å². The van der Waals surface area contributed by atoms with E-state index in [-0.39, 0.29) is 16.8 Å². The second-order valence-electron chi connectivity index (χ2n) is 7.48. The Kier molecular flexibility index (Phi) is 6.24. The first kappa shape index (κ1) is 22.3. The highest BCUT2D eigenvalue weighted by Crippen LogP contribution is 2.47. The molecular formula is C24H18BrF4NO2. The minimum Gasteiger partial charge on any atom is -0.444 e. The Bertz CT molecular complexity index is 1120. The van der Waals surface area contributed by atoms with E-state index in [4.69, 9.17) is 4.74 Å². The molecule has 166 valence electrons. The summed E-state index contributed by atoms with van der Waals surface area (Å²) in [5, 5.41) is 0. The zero-order valence-electron chi connectivity index (χ0n) is 16.7. The summed E-state index contributed by atoms with van der Waals surface area (Å²) in [4.78, 5) is 14.3. The van der Waals surface area contributed by atoms with Gasteiger partial charge in [0, 0.05) is 4.47 Å². The number of nitrogens with zero attached hydrogens (tertiary/aromatic N) is 1. The zero-order valence-corrected chi connectivity index (χ0v) is 18.3. The fourth-order valence-electron chi connectivity index (χ4n) is 3.93. The van der Waals surface area contributed by atoms with Crippen molar-refractivity contribution >= 4 is 27.7 Å². The molecule has 0 aliphatic carbocycles. The summed E-state index contributed by atoms with van der Waals surface area (Å²) < 4.78 is 61.1. The lowest BCUT2D eigenvalue weighted by molar-refractivity contribution is -0.137. The van der Waals surface area contributed by atoms with Gasteiger partial charge >= 0.3 is 12.3 Å². The molecule has 1 heterocycles. The number of ether oxygens (including phenoxy) is 1. The molecule has 8 heteroatoms. The molecule has 0 bridgehead atoms. The fourth-order valence-corrected chi connectivity index (χ4v) is 4.44. The molecule has 0 radical (unpaired) electrons. The number of anilines is 1. The summed E-state index contributed by atoms with van der Waals surface area (Å²) in [7, 11) is 0. The van der Waals surface area contributed by atoms with Crippen LogP contribution < -0.4 is 4.90 Å². The highest BCUT2D eigenvalue weighted by atomic mass is 79.9. The summed E-state index contributed by atoms with van der Waals surface area (Å²) in [6.45, 7) is -0.0838. The van der Waals surface area contributed by atoms with Gasteiger partial charge < -0.3 is 4.74 Å². The molecule has 1 amide bonds. The number of aryl methyl sites for hydroxylation is 1. The third-order valence-corrected chi connectivity index (χ3v) is 5.81. The van der Waals surface area contributed by atoms with Gasteiger partial charge in [0.15, 0.2) is 0 Å². The van der Waals surface area contributed by atoms with Crippen LogP contribution in [0.3, 0.4) is 0 Å². The SMILES string of the molecule is O=C(OCc1ccccc1)N1c2c(cc(Br)cc2C(F)(F)F)CCC1c1ccc(F)cc1. The maximum absolute atomic E-state index is 14.0. The number of carbonyl (C=O) groups excluding carboxylic acids is 1. The number of halogens is 5. The van der Waals surface area contributed by atoms with E-state index in [1.54, 1.807) is 30.3 Å². The van der Waals surface area contributed by atoms with Crippen LogP contribution in [-0.4, -0.2) is 6.09 Å². The molecule has 0 saturated heterocycles. The van der Waals surface area contributed by atoms with E-state index < -0.39 is 29.7 Å². The molecule has 3 nitrogen and oxygen atoms in total. The quantitative estimate of drug-likeness (QED) is 0.344. The lowest BCUT2D eigenvalue weighted by atomic mass is 9.89. The van der Waals surface area contributed by atoms with Crippen molar-refractivity contribution in [1.82, 2.24) is 0 Å². The van der Waals surface area contributed by atoms with Crippen LogP contribution in [0.4, 0.5) is 28.0 Å². The second-order valence-corrected chi connectivity index (χ2v) is 8.39. The van der Waals surface area contributed by atoms with Crippen molar-refractivity contribution in [2.75, 3.05) is 4.90 Å². The smallest absolute Gasteiger partial charge is 0.418 e. The Morgan fingerprint density at radius 1 is 1.06 bits per heavy atom. The van der Waals surface area contributed by atoms with Gasteiger partial charge in [-0.25, -0.2) is 9.18 Å². The predicted molar refractivity (Wildman–Crippen MR) is 116 cm³/mol. The topological polar surface area (TPSA) is 29.5 Å². The minimum atomic E-state index is -4.68. The molecule has 1 aliphatic rings. The zero-order chi connectivity index (χ0) is 22.9. The number of fused-ring (bicyclic) bond motifs is 1. The van der Waals surface area contributed by atoms with E-state index in [2.05, 4.69) is 15.9 Å². The molecule has 1 aliphatic heterocycles. The largest absolute Gasteiger partial charge is 0.444 e. The second kappa shape index (κ2) is 8.94. The lowest BCUT2D eigenvalue weighted by Gasteiger charge is -2.38. The first-order valence-corrected chi connectivity index (χ1v) is 10.7. The van der Waals surface area contributed by atoms with Crippen LogP contribution in [0.2, 0.25) is 0 Å². The number of hydrogen-bond acceptors (Lipinski definition) is 2. The molecule has 3 aromatic rings. The summed E-state index contributed by atoms with van der Waals surface area (Å²) in [6.07, 6.45) is -4.89. The third-order valence-electron chi connectivity index (χ3n) is 5.36. The van der Waals surface area contributed by atoms with Crippen molar-refractivity contribution in [3.63, 3.8) is 0 Å². The van der Waals surface area contributed by atoms with Crippen LogP contribution >= 0.6 is 15.9 Å². The highest BCUT2D eigenvalue weighted by Gasteiger charge is 2.42. The molecule has 4 rings (SSSR count). The first-order chi connectivity index (χ1) is 15.2. The Morgan fingerprint density at radius 3 is 2.41 bits per heavy atom. The number of carbonyl (C=O) groups is 1. The molecule has 0 N–H and O–H groups in total. The molecule has 1 atom stereocenters. The standard InChI is InChI=1S/C24H18BrF4NO2/c25-18-12-17-8-11-21(16-6-9-19(26)10-7-16)30(22(17)20(13-18)24(27,28)29)23(31)32-14-15-4-2-1-3-5-15/h1-7,9-10,12-13,21H,8,11,14H2. The first-order valence-electron chi connectivity index (χ1n) is 9.89. The average molecular weight is 508 g/mol. The number of rotatable bonds is 3. The van der Waals surface area contributed by atoms with Crippen molar-refractivity contribution in [1.29, 1.82) is 0 Å². The van der Waals surface area contributed by atoms with Gasteiger partial charge in [-0.2, -0.15) is 13.2 Å². The maximum Gasteiger partial charge on any atom is 0.418 e. The molecule has 0 fully saturated rings. The van der Waals surface area contributed by atoms with Gasteiger partial charge in [-0.05, 0) is 53.8 Å². The van der Waals surface area contributed by atoms with Gasteiger partial charge in [0.1, 0.15) is 12.4 Å². The monoisotopic (exact) mass is 507 g/mol. The van der Waals surface area contributed by atoms with Crippen molar-refractivity contribution < 1.29 is 27.1 Å². The van der Waals surface area contributed by atoms with E-state index in [9.17, 15) is 22.4 Å². The normalized spacial score (nSPS) is 15.9. The van der Waals surface area contributed by atoms with Crippen molar-refractivity contribution in [2.24, 2.45) is 0 Å². The molecular weight excluding hydrogens is 490 g/mol. The minimum absolute atomic E-state index is 0.0838. The molecule has 0 saturated carbocycles. The van der Waals surface area contributed by atoms with Gasteiger partial charge in [0.2, 0.25) is 0 Å². The molecule has 32 heavy (non-hydrogen) atoms. The summed E-state index contributed by atoms with van der Waals surface area (Å²) in [6, 6.07) is 16.1. The van der Waals surface area contributed by atoms with Crippen LogP contribution in [0.5, 0.6) is 0 Å². The molecule has 3 aromatic carbocycles. The van der Waals surface area contributed by atoms with E-state index in [1.807, 2.05) is 6.07 Å². The van der Waals surface area contributed by atoms with Crippen molar-refractivity contribution in [3.8, 4) is 0 Å². The van der Waals surface area contributed by atoms with Crippen molar-refractivity contribution in [2.45, 2.75) is 31.7 Å². The summed E-state index contributed by atoms with van der Waals surface area (Å²) in [5.41, 5.74) is 0.486. The van der Waals surface area contributed by atoms with Gasteiger partial charge in [0.25, 0.3) is 0 Å². The van der Waals surface area contributed by atoms with E-state index >= 15 is 0 Å². The van der Waals surface area contributed by atoms with Crippen LogP contribution in [0.1, 0.15) is 34.7 Å². The van der Waals surface area contributed by atoms with Crippen molar-refractivity contribution in [3.05, 3.63) is 99.3 Å². The Hall–Kier alpha value is -2.87. The number of amides is 1. The number of alkyl halides is 3. The number of benzene rings is 3. The molecule has 1 unspecified atom stereocenters. The van der Waals surface area contributed by atoms with Crippen LogP contribution in [0.25, 0.3) is 0 Å². The highest BCUT2D eigenvalue weighted by molar-refractivity contribution is 9.10. The van der Waals surface area contributed by atoms with Gasteiger partial charge in [-0.3, -0.25) is 4.90 Å². The van der Waals surface area contributed by atoms with Gasteiger partial charge in [-0.1, -0.05) is 58.4 Å². The molecule has 0 aromatic heterocycles. The Balaban J connectivity index is 1.78. The summed E-state index contributed by atoms with van der Waals surface area (Å²) in [5.74, 6) is -0.469. The molecule has 0 spiro atoms. The predicted octanol–water partition coefficient (Wildman–Crippen LogP) is 7.44. The summed E-state index contributed by atoms with van der Waals surface area (Å²) >= 11 is 3.14. The van der Waals surface area contributed by atoms with Crippen LogP contribution in [0, 0.1) is 5.82 Å². The van der Waals surface area contributed by atoms with Crippen LogP contribution in [-0.2, 0) is 23.9 Å². The third kappa shape index (κ3) is 4.65. The Morgan fingerprint density at radius 2 is 1.75 bits per heavy atom. The van der Waals surface area contributed by atoms with Crippen LogP contribution in [0.15, 0.2) is 71.2 Å². The van der Waals surface area contributed by atoms with E-state index in [1.165, 1.54) is 24.3 Å². The Labute approximate surface area is 190 Å².